The van der Waals surface area contributed by atoms with Gasteiger partial charge in [0.1, 0.15) is 6.07 Å². The quantitative estimate of drug-likeness (QED) is 0.790. The number of hydrogen-bond donors (Lipinski definition) is 0. The van der Waals surface area contributed by atoms with E-state index in [2.05, 4.69) is 15.9 Å². The van der Waals surface area contributed by atoms with Gasteiger partial charge in [0.25, 0.3) is 0 Å². The van der Waals surface area contributed by atoms with Crippen molar-refractivity contribution in [3.05, 3.63) is 23.8 Å². The normalized spacial score (nSPS) is 11.6. The van der Waals surface area contributed by atoms with E-state index in [0.29, 0.717) is 11.5 Å². The summed E-state index contributed by atoms with van der Waals surface area (Å²) in [5, 5.41) is 9.40. The van der Waals surface area contributed by atoms with Crippen LogP contribution in [-0.2, 0) is 5.33 Å². The Kier molecular flexibility index (Phi) is 4.44. The van der Waals surface area contributed by atoms with Crippen LogP contribution in [0.4, 0.5) is 0 Å². The molecule has 1 unspecified atom stereocenters. The lowest BCUT2D eigenvalue weighted by atomic mass is 10.2. The van der Waals surface area contributed by atoms with E-state index in [1.54, 1.807) is 14.0 Å². The molecule has 0 aliphatic carbocycles. The van der Waals surface area contributed by atoms with E-state index in [9.17, 15) is 0 Å². The smallest absolute Gasteiger partial charge is 0.181 e. The second kappa shape index (κ2) is 5.62. The fraction of sp³-hybridized carbons (Fsp3) is 0.364. The molecular weight excluding hydrogens is 258 g/mol. The van der Waals surface area contributed by atoms with E-state index in [4.69, 9.17) is 14.7 Å². The van der Waals surface area contributed by atoms with Gasteiger partial charge in [0.05, 0.1) is 7.11 Å². The van der Waals surface area contributed by atoms with Gasteiger partial charge in [0.15, 0.2) is 17.6 Å². The molecule has 1 atom stereocenters. The minimum Gasteiger partial charge on any atom is -0.493 e. The van der Waals surface area contributed by atoms with Gasteiger partial charge >= 0.3 is 0 Å². The first-order chi connectivity index (χ1) is 7.21. The van der Waals surface area contributed by atoms with Crippen molar-refractivity contribution < 1.29 is 9.47 Å². The Morgan fingerprint density at radius 3 is 2.73 bits per heavy atom. The van der Waals surface area contributed by atoms with Crippen molar-refractivity contribution in [3.8, 4) is 17.6 Å². The van der Waals surface area contributed by atoms with Gasteiger partial charge in [-0.25, -0.2) is 0 Å². The zero-order chi connectivity index (χ0) is 11.3. The van der Waals surface area contributed by atoms with Crippen molar-refractivity contribution in [3.63, 3.8) is 0 Å². The van der Waals surface area contributed by atoms with E-state index in [1.807, 2.05) is 24.3 Å². The number of alkyl halides is 1. The third kappa shape index (κ3) is 3.14. The third-order valence-corrected chi connectivity index (χ3v) is 2.52. The van der Waals surface area contributed by atoms with Gasteiger partial charge in [-0.1, -0.05) is 22.0 Å². The van der Waals surface area contributed by atoms with Crippen molar-refractivity contribution in [2.24, 2.45) is 0 Å². The van der Waals surface area contributed by atoms with Crippen molar-refractivity contribution in [2.75, 3.05) is 7.11 Å². The Morgan fingerprint density at radius 1 is 1.47 bits per heavy atom. The van der Waals surface area contributed by atoms with Crippen molar-refractivity contribution in [1.82, 2.24) is 0 Å². The Morgan fingerprint density at radius 2 is 2.20 bits per heavy atom. The summed E-state index contributed by atoms with van der Waals surface area (Å²) < 4.78 is 10.6. The highest BCUT2D eigenvalue weighted by Gasteiger charge is 2.08. The summed E-state index contributed by atoms with van der Waals surface area (Å²) in [7, 11) is 1.58. The molecule has 0 amide bonds. The fourth-order valence-electron chi connectivity index (χ4n) is 1.11. The van der Waals surface area contributed by atoms with Crippen molar-refractivity contribution in [2.45, 2.75) is 18.4 Å². The molecule has 0 bridgehead atoms. The molecule has 0 aliphatic rings. The summed E-state index contributed by atoms with van der Waals surface area (Å²) in [6.07, 6.45) is -0.478. The predicted molar refractivity (Wildman–Crippen MR) is 61.3 cm³/mol. The summed E-state index contributed by atoms with van der Waals surface area (Å²) in [6, 6.07) is 7.63. The van der Waals surface area contributed by atoms with Crippen molar-refractivity contribution in [1.29, 1.82) is 5.26 Å². The van der Waals surface area contributed by atoms with Crippen LogP contribution >= 0.6 is 15.9 Å². The van der Waals surface area contributed by atoms with Crippen molar-refractivity contribution >= 4 is 15.9 Å². The van der Waals surface area contributed by atoms with Gasteiger partial charge < -0.3 is 9.47 Å². The predicted octanol–water partition coefficient (Wildman–Crippen LogP) is 2.88. The molecule has 0 saturated heterocycles. The lowest BCUT2D eigenvalue weighted by molar-refractivity contribution is 0.260. The maximum Gasteiger partial charge on any atom is 0.181 e. The van der Waals surface area contributed by atoms with Crippen LogP contribution in [0.3, 0.4) is 0 Å². The molecule has 0 heterocycles. The fourth-order valence-corrected chi connectivity index (χ4v) is 1.46. The number of ether oxygens (including phenoxy) is 2. The highest BCUT2D eigenvalue weighted by molar-refractivity contribution is 9.08. The standard InChI is InChI=1S/C11H12BrNO2/c1-8(7-13)15-10-4-3-9(6-12)5-11(10)14-2/h3-5,8H,6H2,1-2H3. The first kappa shape index (κ1) is 11.9. The molecule has 0 aliphatic heterocycles. The van der Waals surface area contributed by atoms with E-state index in [1.165, 1.54) is 0 Å². The number of methoxy groups -OCH3 is 1. The Hall–Kier alpha value is -1.21. The second-order valence-corrected chi connectivity index (χ2v) is 3.57. The van der Waals surface area contributed by atoms with Crippen LogP contribution in [-0.4, -0.2) is 13.2 Å². The van der Waals surface area contributed by atoms with E-state index in [0.717, 1.165) is 10.9 Å². The molecule has 4 heteroatoms. The lowest BCUT2D eigenvalue weighted by Crippen LogP contribution is -2.09. The summed E-state index contributed by atoms with van der Waals surface area (Å²) in [4.78, 5) is 0. The van der Waals surface area contributed by atoms with Crippen LogP contribution in [0.5, 0.6) is 11.5 Å². The summed E-state index contributed by atoms with van der Waals surface area (Å²) in [5.41, 5.74) is 1.10. The zero-order valence-corrected chi connectivity index (χ0v) is 10.2. The van der Waals surface area contributed by atoms with E-state index < -0.39 is 6.10 Å². The van der Waals surface area contributed by atoms with Crippen LogP contribution in [0.1, 0.15) is 12.5 Å². The number of benzene rings is 1. The highest BCUT2D eigenvalue weighted by Crippen LogP contribution is 2.29. The van der Waals surface area contributed by atoms with E-state index in [-0.39, 0.29) is 0 Å². The van der Waals surface area contributed by atoms with Crippen LogP contribution < -0.4 is 9.47 Å². The highest BCUT2D eigenvalue weighted by atomic mass is 79.9. The summed E-state index contributed by atoms with van der Waals surface area (Å²) in [6.45, 7) is 1.69. The van der Waals surface area contributed by atoms with Gasteiger partial charge in [0, 0.05) is 5.33 Å². The molecule has 80 valence electrons. The van der Waals surface area contributed by atoms with Gasteiger partial charge in [-0.3, -0.25) is 0 Å². The Bertz CT molecular complexity index is 373. The minimum absolute atomic E-state index is 0.478. The molecule has 0 saturated carbocycles. The molecule has 0 fully saturated rings. The molecule has 3 nitrogen and oxygen atoms in total. The Balaban J connectivity index is 2.93. The SMILES string of the molecule is COc1cc(CBr)ccc1OC(C)C#N. The summed E-state index contributed by atoms with van der Waals surface area (Å²) >= 11 is 3.36. The molecule has 15 heavy (non-hydrogen) atoms. The summed E-state index contributed by atoms with van der Waals surface area (Å²) in [5.74, 6) is 1.24. The largest absolute Gasteiger partial charge is 0.493 e. The van der Waals surface area contributed by atoms with E-state index >= 15 is 0 Å². The number of hydrogen-bond acceptors (Lipinski definition) is 3. The topological polar surface area (TPSA) is 42.2 Å². The second-order valence-electron chi connectivity index (χ2n) is 3.01. The van der Waals surface area contributed by atoms with Crippen LogP contribution in [0.25, 0.3) is 0 Å². The van der Waals surface area contributed by atoms with Gasteiger partial charge in [-0.15, -0.1) is 0 Å². The molecule has 1 aromatic rings. The van der Waals surface area contributed by atoms with Crippen LogP contribution in [0.2, 0.25) is 0 Å². The molecule has 0 radical (unpaired) electrons. The average molecular weight is 270 g/mol. The van der Waals surface area contributed by atoms with Gasteiger partial charge in [0.2, 0.25) is 0 Å². The maximum absolute atomic E-state index is 8.64. The minimum atomic E-state index is -0.478. The third-order valence-electron chi connectivity index (χ3n) is 1.87. The first-order valence-corrected chi connectivity index (χ1v) is 5.62. The molecule has 1 aromatic carbocycles. The number of nitriles is 1. The monoisotopic (exact) mass is 269 g/mol. The molecule has 0 N–H and O–H groups in total. The van der Waals surface area contributed by atoms with Crippen LogP contribution in [0, 0.1) is 11.3 Å². The molecule has 1 rings (SSSR count). The zero-order valence-electron chi connectivity index (χ0n) is 8.66. The Labute approximate surface area is 97.7 Å². The molecule has 0 aromatic heterocycles. The molecular formula is C11H12BrNO2. The number of halogens is 1. The number of nitrogens with zero attached hydrogens (tertiary/aromatic N) is 1. The first-order valence-electron chi connectivity index (χ1n) is 4.50. The average Bonchev–Trinajstić information content (AvgIpc) is 2.29. The lowest BCUT2D eigenvalue weighted by Gasteiger charge is -2.12. The van der Waals surface area contributed by atoms with Gasteiger partial charge in [-0.2, -0.15) is 5.26 Å². The van der Waals surface area contributed by atoms with Gasteiger partial charge in [-0.05, 0) is 24.6 Å². The van der Waals surface area contributed by atoms with Crippen LogP contribution in [0.15, 0.2) is 18.2 Å². The molecule has 0 spiro atoms. The maximum atomic E-state index is 8.64. The number of rotatable bonds is 4.